The number of amides is 1. The highest BCUT2D eigenvalue weighted by Gasteiger charge is 2.17. The fourth-order valence-corrected chi connectivity index (χ4v) is 3.66. The lowest BCUT2D eigenvalue weighted by Gasteiger charge is -2.29. The van der Waals surface area contributed by atoms with E-state index in [9.17, 15) is 18.7 Å². The zero-order valence-electron chi connectivity index (χ0n) is 16.4. The van der Waals surface area contributed by atoms with Gasteiger partial charge in [-0.15, -0.1) is 0 Å². The van der Waals surface area contributed by atoms with Crippen LogP contribution in [0, 0.1) is 0 Å². The highest BCUT2D eigenvalue weighted by atomic mass is 19.3. The number of nitrogens with one attached hydrogen (secondary N) is 2. The molecule has 1 aliphatic rings. The molecular weight excluding hydrogens is 390 g/mol. The van der Waals surface area contributed by atoms with Gasteiger partial charge in [0.2, 0.25) is 0 Å². The van der Waals surface area contributed by atoms with Gasteiger partial charge in [0.25, 0.3) is 12.3 Å². The zero-order chi connectivity index (χ0) is 21.1. The Morgan fingerprint density at radius 2 is 1.87 bits per heavy atom. The van der Waals surface area contributed by atoms with E-state index in [1.165, 1.54) is 11.6 Å². The summed E-state index contributed by atoms with van der Waals surface area (Å²) >= 11 is 0. The van der Waals surface area contributed by atoms with E-state index in [1.807, 2.05) is 12.1 Å². The number of carbonyl (C=O) groups excluding carboxylic acids is 1. The molecule has 1 fully saturated rings. The highest BCUT2D eigenvalue weighted by molar-refractivity contribution is 5.97. The monoisotopic (exact) mass is 414 g/mol. The van der Waals surface area contributed by atoms with E-state index in [2.05, 4.69) is 32.3 Å². The van der Waals surface area contributed by atoms with Crippen LogP contribution in [0.2, 0.25) is 0 Å². The van der Waals surface area contributed by atoms with Crippen molar-refractivity contribution in [3.05, 3.63) is 65.0 Å². The predicted molar refractivity (Wildman–Crippen MR) is 109 cm³/mol. The van der Waals surface area contributed by atoms with Crippen molar-refractivity contribution in [2.24, 2.45) is 0 Å². The molecule has 8 heteroatoms. The number of H-pyrrole nitrogens is 1. The van der Waals surface area contributed by atoms with Crippen molar-refractivity contribution in [1.82, 2.24) is 20.2 Å². The maximum Gasteiger partial charge on any atom is 0.295 e. The lowest BCUT2D eigenvalue weighted by atomic mass is 10.1. The topological polar surface area (TPSA) is 81.2 Å². The third-order valence-electron chi connectivity index (χ3n) is 5.41. The van der Waals surface area contributed by atoms with Crippen LogP contribution in [0.3, 0.4) is 0 Å². The number of rotatable bonds is 6. The first-order chi connectivity index (χ1) is 14.5. The molecule has 158 valence electrons. The van der Waals surface area contributed by atoms with Gasteiger partial charge in [-0.1, -0.05) is 24.3 Å². The third kappa shape index (κ3) is 4.83. The molecule has 3 N–H and O–H groups in total. The molecule has 30 heavy (non-hydrogen) atoms. The van der Waals surface area contributed by atoms with Crippen molar-refractivity contribution in [3.8, 4) is 0 Å². The number of piperidine rings is 1. The van der Waals surface area contributed by atoms with Gasteiger partial charge in [0.05, 0.1) is 17.1 Å². The largest absolute Gasteiger partial charge is 0.393 e. The molecule has 0 spiro atoms. The van der Waals surface area contributed by atoms with E-state index in [-0.39, 0.29) is 12.0 Å². The van der Waals surface area contributed by atoms with E-state index >= 15 is 0 Å². The van der Waals surface area contributed by atoms with Crippen molar-refractivity contribution in [2.75, 3.05) is 13.1 Å². The molecule has 0 unspecified atom stereocenters. The number of aromatic amines is 1. The Balaban J connectivity index is 1.32. The minimum Gasteiger partial charge on any atom is -0.393 e. The Hall–Kier alpha value is -2.84. The summed E-state index contributed by atoms with van der Waals surface area (Å²) in [6.07, 6.45) is -1.22. The summed E-state index contributed by atoms with van der Waals surface area (Å²) in [6, 6.07) is 12.7. The molecule has 1 aliphatic heterocycles. The molecule has 0 atom stereocenters. The number of benzene rings is 2. The number of aliphatic hydroxyl groups is 1. The van der Waals surface area contributed by atoms with Crippen molar-refractivity contribution in [2.45, 2.75) is 38.5 Å². The molecular formula is C22H24F2N4O2. The molecule has 1 saturated heterocycles. The summed E-state index contributed by atoms with van der Waals surface area (Å²) in [6.45, 7) is 3.03. The Morgan fingerprint density at radius 3 is 2.57 bits per heavy atom. The standard InChI is InChI=1S/C22H24F2N4O2/c23-20(24)21-26-18-6-5-16(11-19(18)27-21)22(30)25-12-14-1-3-15(4-2-14)13-28-9-7-17(29)8-10-28/h1-6,11,17,20,29H,7-10,12-13H2,(H,25,30)(H,26,27). The summed E-state index contributed by atoms with van der Waals surface area (Å²) in [4.78, 5) is 21.1. The van der Waals surface area contributed by atoms with E-state index in [0.29, 0.717) is 23.1 Å². The SMILES string of the molecule is O=C(NCc1ccc(CN2CCC(O)CC2)cc1)c1ccc2nc(C(F)F)[nH]c2c1. The van der Waals surface area contributed by atoms with Crippen LogP contribution < -0.4 is 5.32 Å². The molecule has 3 aromatic rings. The number of aliphatic hydroxyl groups excluding tert-OH is 1. The number of carbonyl (C=O) groups is 1. The molecule has 6 nitrogen and oxygen atoms in total. The highest BCUT2D eigenvalue weighted by Crippen LogP contribution is 2.21. The number of fused-ring (bicyclic) bond motifs is 1. The van der Waals surface area contributed by atoms with E-state index in [1.54, 1.807) is 12.1 Å². The summed E-state index contributed by atoms with van der Waals surface area (Å²) in [7, 11) is 0. The Bertz CT molecular complexity index is 1010. The lowest BCUT2D eigenvalue weighted by Crippen LogP contribution is -2.35. The average Bonchev–Trinajstić information content (AvgIpc) is 3.18. The minimum absolute atomic E-state index is 0.174. The van der Waals surface area contributed by atoms with Crippen molar-refractivity contribution >= 4 is 16.9 Å². The molecule has 0 bridgehead atoms. The molecule has 2 aromatic carbocycles. The van der Waals surface area contributed by atoms with Crippen molar-refractivity contribution in [1.29, 1.82) is 0 Å². The van der Waals surface area contributed by atoms with Crippen LogP contribution in [0.4, 0.5) is 8.78 Å². The summed E-state index contributed by atoms with van der Waals surface area (Å²) in [5.41, 5.74) is 3.37. The molecule has 0 saturated carbocycles. The van der Waals surface area contributed by atoms with Crippen LogP contribution in [-0.2, 0) is 13.1 Å². The normalized spacial score (nSPS) is 15.7. The first kappa shape index (κ1) is 20.4. The van der Waals surface area contributed by atoms with Crippen LogP contribution in [0.25, 0.3) is 11.0 Å². The first-order valence-electron chi connectivity index (χ1n) is 10.0. The van der Waals surface area contributed by atoms with Gasteiger partial charge in [0.1, 0.15) is 0 Å². The van der Waals surface area contributed by atoms with Crippen LogP contribution >= 0.6 is 0 Å². The number of nitrogens with zero attached hydrogens (tertiary/aromatic N) is 2. The maximum absolute atomic E-state index is 12.8. The van der Waals surface area contributed by atoms with Crippen LogP contribution in [0.5, 0.6) is 0 Å². The van der Waals surface area contributed by atoms with E-state index < -0.39 is 12.2 Å². The Morgan fingerprint density at radius 1 is 1.17 bits per heavy atom. The van der Waals surface area contributed by atoms with Gasteiger partial charge in [-0.2, -0.15) is 0 Å². The van der Waals surface area contributed by atoms with Crippen molar-refractivity contribution < 1.29 is 18.7 Å². The Kier molecular flexibility index (Phi) is 6.06. The number of aromatic nitrogens is 2. The molecule has 1 amide bonds. The van der Waals surface area contributed by atoms with Gasteiger partial charge in [-0.05, 0) is 42.2 Å². The fraction of sp³-hybridized carbons (Fsp3) is 0.364. The quantitative estimate of drug-likeness (QED) is 0.578. The second-order valence-electron chi connectivity index (χ2n) is 7.66. The average molecular weight is 414 g/mol. The fourth-order valence-electron chi connectivity index (χ4n) is 3.66. The predicted octanol–water partition coefficient (Wildman–Crippen LogP) is 3.39. The Labute approximate surface area is 172 Å². The van der Waals surface area contributed by atoms with Gasteiger partial charge in [-0.3, -0.25) is 9.69 Å². The van der Waals surface area contributed by atoms with Gasteiger partial charge in [0, 0.05) is 31.7 Å². The number of halogens is 2. The van der Waals surface area contributed by atoms with Gasteiger partial charge >= 0.3 is 0 Å². The number of hydrogen-bond acceptors (Lipinski definition) is 4. The number of likely N-dealkylation sites (tertiary alicyclic amines) is 1. The molecule has 0 radical (unpaired) electrons. The zero-order valence-corrected chi connectivity index (χ0v) is 16.4. The second kappa shape index (κ2) is 8.89. The first-order valence-corrected chi connectivity index (χ1v) is 10.0. The summed E-state index contributed by atoms with van der Waals surface area (Å²) in [5.74, 6) is -0.676. The van der Waals surface area contributed by atoms with Gasteiger partial charge in [0.15, 0.2) is 5.82 Å². The van der Waals surface area contributed by atoms with Gasteiger partial charge in [-0.25, -0.2) is 13.8 Å². The number of imidazole rings is 1. The molecule has 4 rings (SSSR count). The van der Waals surface area contributed by atoms with Crippen LogP contribution in [-0.4, -0.2) is 45.1 Å². The molecule has 2 heterocycles. The van der Waals surface area contributed by atoms with Gasteiger partial charge < -0.3 is 15.4 Å². The number of hydrogen-bond donors (Lipinski definition) is 3. The molecule has 1 aromatic heterocycles. The molecule has 0 aliphatic carbocycles. The second-order valence-corrected chi connectivity index (χ2v) is 7.66. The van der Waals surface area contributed by atoms with Crippen LogP contribution in [0.15, 0.2) is 42.5 Å². The number of alkyl halides is 2. The minimum atomic E-state index is -2.68. The summed E-state index contributed by atoms with van der Waals surface area (Å²) < 4.78 is 25.5. The van der Waals surface area contributed by atoms with E-state index in [0.717, 1.165) is 38.0 Å². The smallest absolute Gasteiger partial charge is 0.295 e. The maximum atomic E-state index is 12.8. The summed E-state index contributed by atoms with van der Waals surface area (Å²) in [5, 5.41) is 12.5. The van der Waals surface area contributed by atoms with Crippen LogP contribution in [0.1, 0.15) is 46.6 Å². The van der Waals surface area contributed by atoms with E-state index in [4.69, 9.17) is 0 Å². The lowest BCUT2D eigenvalue weighted by molar-refractivity contribution is 0.0792. The van der Waals surface area contributed by atoms with Crippen molar-refractivity contribution in [3.63, 3.8) is 0 Å². The third-order valence-corrected chi connectivity index (χ3v) is 5.41.